The summed E-state index contributed by atoms with van der Waals surface area (Å²) in [7, 11) is -2.87. The van der Waals surface area contributed by atoms with Gasteiger partial charge >= 0.3 is 0 Å². The summed E-state index contributed by atoms with van der Waals surface area (Å²) < 4.78 is 24.3. The van der Waals surface area contributed by atoms with Crippen molar-refractivity contribution in [3.05, 3.63) is 58.6 Å². The van der Waals surface area contributed by atoms with Gasteiger partial charge in [-0.1, -0.05) is 41.3 Å². The van der Waals surface area contributed by atoms with Crippen molar-refractivity contribution in [2.24, 2.45) is 0 Å². The molecule has 0 heterocycles. The van der Waals surface area contributed by atoms with E-state index in [1.165, 1.54) is 18.2 Å². The van der Waals surface area contributed by atoms with Crippen molar-refractivity contribution < 1.29 is 18.2 Å². The molecule has 0 saturated carbocycles. The van der Waals surface area contributed by atoms with Crippen molar-refractivity contribution in [3.63, 3.8) is 0 Å². The molecule has 0 aliphatic rings. The lowest BCUT2D eigenvalue weighted by Crippen LogP contribution is -2.23. The first-order valence-corrected chi connectivity index (χ1v) is 7.33. The Hall–Kier alpha value is -2.29. The Labute approximate surface area is 121 Å². The minimum Gasteiger partial charge on any atom is -0.290 e. The van der Waals surface area contributed by atoms with E-state index in [1.807, 2.05) is 4.89 Å². The van der Waals surface area contributed by atoms with Gasteiger partial charge in [0.15, 0.2) is 0 Å². The molecule has 0 radical (unpaired) electrons. The third-order valence-electron chi connectivity index (χ3n) is 2.75. The highest BCUT2D eigenvalue weighted by Crippen LogP contribution is 2.35. The van der Waals surface area contributed by atoms with Gasteiger partial charge in [0.25, 0.3) is 15.7 Å². The molecular formula is C13H12N2O5S. The summed E-state index contributed by atoms with van der Waals surface area (Å²) in [6.45, 7) is 0. The van der Waals surface area contributed by atoms with Crippen molar-refractivity contribution in [2.45, 2.75) is 4.90 Å². The fourth-order valence-electron chi connectivity index (χ4n) is 1.95. The molecule has 0 fully saturated rings. The first kappa shape index (κ1) is 15.1. The smallest absolute Gasteiger partial charge is 0.278 e. The van der Waals surface area contributed by atoms with E-state index in [2.05, 4.69) is 4.84 Å². The molecule has 0 aliphatic carbocycles. The summed E-state index contributed by atoms with van der Waals surface area (Å²) in [5.41, 5.74) is 0.161. The number of hydrogen-bond donors (Lipinski definition) is 1. The molecule has 1 N–H and O–H groups in total. The molecule has 2 aromatic rings. The van der Waals surface area contributed by atoms with Crippen molar-refractivity contribution in [1.29, 1.82) is 0 Å². The first-order chi connectivity index (χ1) is 9.97. The molecular weight excluding hydrogens is 296 g/mol. The van der Waals surface area contributed by atoms with Crippen LogP contribution in [0.5, 0.6) is 0 Å². The molecule has 21 heavy (non-hydrogen) atoms. The zero-order valence-corrected chi connectivity index (χ0v) is 11.8. The minimum absolute atomic E-state index is 0.0210. The number of sulfonamides is 1. The van der Waals surface area contributed by atoms with E-state index in [0.29, 0.717) is 5.56 Å². The van der Waals surface area contributed by atoms with E-state index in [4.69, 9.17) is 0 Å². The first-order valence-electron chi connectivity index (χ1n) is 5.85. The Morgan fingerprint density at radius 2 is 1.76 bits per heavy atom. The third kappa shape index (κ3) is 3.07. The molecule has 0 unspecified atom stereocenters. The molecule has 0 bridgehead atoms. The lowest BCUT2D eigenvalue weighted by molar-refractivity contribution is -0.384. The van der Waals surface area contributed by atoms with Crippen LogP contribution in [-0.4, -0.2) is 20.5 Å². The van der Waals surface area contributed by atoms with Gasteiger partial charge in [-0.3, -0.25) is 15.0 Å². The van der Waals surface area contributed by atoms with Crippen LogP contribution in [0.4, 0.5) is 5.69 Å². The quantitative estimate of drug-likeness (QED) is 0.673. The molecule has 0 saturated heterocycles. The van der Waals surface area contributed by atoms with Gasteiger partial charge in [0.2, 0.25) is 0 Å². The van der Waals surface area contributed by atoms with E-state index >= 15 is 0 Å². The van der Waals surface area contributed by atoms with E-state index < -0.39 is 14.9 Å². The van der Waals surface area contributed by atoms with Crippen molar-refractivity contribution in [3.8, 4) is 11.1 Å². The molecule has 2 rings (SSSR count). The summed E-state index contributed by atoms with van der Waals surface area (Å²) in [4.78, 5) is 16.7. The van der Waals surface area contributed by atoms with Crippen LogP contribution in [-0.2, 0) is 14.9 Å². The molecule has 0 spiro atoms. The number of nitro groups is 1. The summed E-state index contributed by atoms with van der Waals surface area (Å²) >= 11 is 0. The van der Waals surface area contributed by atoms with Crippen LogP contribution in [0.15, 0.2) is 53.4 Å². The van der Waals surface area contributed by atoms with Crippen LogP contribution in [0, 0.1) is 10.1 Å². The Bertz CT molecular complexity index is 759. The number of nitrogens with zero attached hydrogens (tertiary/aromatic N) is 1. The molecule has 0 amide bonds. The summed E-state index contributed by atoms with van der Waals surface area (Å²) in [6, 6.07) is 12.2. The molecule has 7 nitrogen and oxygen atoms in total. The molecule has 110 valence electrons. The standard InChI is InChI=1S/C13H12N2O5S/c1-20-14-21(18,19)12-9-5-8-11(15(16)17)13(12)10-6-3-2-4-7-10/h2-9,14H,1H3. The topological polar surface area (TPSA) is 98.5 Å². The van der Waals surface area contributed by atoms with E-state index in [9.17, 15) is 18.5 Å². The highest BCUT2D eigenvalue weighted by atomic mass is 32.2. The molecule has 0 aliphatic heterocycles. The fraction of sp³-hybridized carbons (Fsp3) is 0.0769. The number of benzene rings is 2. The van der Waals surface area contributed by atoms with Gasteiger partial charge in [-0.2, -0.15) is 0 Å². The third-order valence-corrected chi connectivity index (χ3v) is 4.05. The Morgan fingerprint density at radius 1 is 1.10 bits per heavy atom. The monoisotopic (exact) mass is 308 g/mol. The number of nitrogens with one attached hydrogen (secondary N) is 1. The fourth-order valence-corrected chi connectivity index (χ4v) is 3.00. The minimum atomic E-state index is -4.02. The number of hydrogen-bond acceptors (Lipinski definition) is 5. The number of nitro benzene ring substituents is 1. The maximum Gasteiger partial charge on any atom is 0.278 e. The van der Waals surface area contributed by atoms with Crippen LogP contribution in [0.2, 0.25) is 0 Å². The van der Waals surface area contributed by atoms with Crippen LogP contribution >= 0.6 is 0 Å². The van der Waals surface area contributed by atoms with E-state index in [-0.39, 0.29) is 16.1 Å². The van der Waals surface area contributed by atoms with Gasteiger partial charge in [-0.15, -0.1) is 0 Å². The predicted octanol–water partition coefficient (Wildman–Crippen LogP) is 2.10. The van der Waals surface area contributed by atoms with Gasteiger partial charge < -0.3 is 0 Å². The lowest BCUT2D eigenvalue weighted by atomic mass is 10.0. The lowest BCUT2D eigenvalue weighted by Gasteiger charge is -2.11. The Morgan fingerprint density at radius 3 is 2.33 bits per heavy atom. The highest BCUT2D eigenvalue weighted by Gasteiger charge is 2.26. The van der Waals surface area contributed by atoms with Gasteiger partial charge in [-0.05, 0) is 11.6 Å². The Balaban J connectivity index is 2.79. The number of rotatable bonds is 5. The van der Waals surface area contributed by atoms with Crippen molar-refractivity contribution in [1.82, 2.24) is 4.89 Å². The highest BCUT2D eigenvalue weighted by molar-refractivity contribution is 7.89. The van der Waals surface area contributed by atoms with Gasteiger partial charge in [0.05, 0.1) is 22.5 Å². The Kier molecular flexibility index (Phi) is 4.32. The molecule has 0 atom stereocenters. The second-order valence-electron chi connectivity index (χ2n) is 4.06. The van der Waals surface area contributed by atoms with Gasteiger partial charge in [0, 0.05) is 6.07 Å². The van der Waals surface area contributed by atoms with Crippen LogP contribution in [0.25, 0.3) is 11.1 Å². The maximum absolute atomic E-state index is 12.1. The van der Waals surface area contributed by atoms with Gasteiger partial charge in [0.1, 0.15) is 0 Å². The van der Waals surface area contributed by atoms with Gasteiger partial charge in [-0.25, -0.2) is 8.42 Å². The molecule has 2 aromatic carbocycles. The second kappa shape index (κ2) is 6.00. The average molecular weight is 308 g/mol. The summed E-state index contributed by atoms with van der Waals surface area (Å²) in [5.74, 6) is 0. The normalized spacial score (nSPS) is 11.3. The molecule has 8 heteroatoms. The van der Waals surface area contributed by atoms with Crippen LogP contribution in [0.3, 0.4) is 0 Å². The molecule has 0 aromatic heterocycles. The summed E-state index contributed by atoms with van der Waals surface area (Å²) in [5, 5.41) is 11.2. The van der Waals surface area contributed by atoms with Crippen molar-refractivity contribution in [2.75, 3.05) is 7.11 Å². The zero-order valence-electron chi connectivity index (χ0n) is 11.0. The van der Waals surface area contributed by atoms with E-state index in [1.54, 1.807) is 30.3 Å². The summed E-state index contributed by atoms with van der Waals surface area (Å²) in [6.07, 6.45) is 0. The van der Waals surface area contributed by atoms with E-state index in [0.717, 1.165) is 7.11 Å². The maximum atomic E-state index is 12.1. The van der Waals surface area contributed by atoms with Crippen molar-refractivity contribution >= 4 is 15.7 Å². The van der Waals surface area contributed by atoms with Crippen LogP contribution < -0.4 is 4.89 Å². The second-order valence-corrected chi connectivity index (χ2v) is 5.68. The largest absolute Gasteiger partial charge is 0.290 e. The predicted molar refractivity (Wildman–Crippen MR) is 75.9 cm³/mol. The SMILES string of the molecule is CONS(=O)(=O)c1cccc([N+](=O)[O-])c1-c1ccccc1. The van der Waals surface area contributed by atoms with Crippen LogP contribution in [0.1, 0.15) is 0 Å². The average Bonchev–Trinajstić information content (AvgIpc) is 2.47. The zero-order chi connectivity index (χ0) is 15.5.